The molecule has 2 rings (SSSR count). The molecule has 0 fully saturated rings. The Hall–Kier alpha value is -2.02. The number of ether oxygens (including phenoxy) is 1. The molecule has 7 heteroatoms. The van der Waals surface area contributed by atoms with Crippen LogP contribution >= 0.6 is 11.8 Å². The first-order valence-corrected chi connectivity index (χ1v) is 8.31. The van der Waals surface area contributed by atoms with E-state index < -0.39 is 0 Å². The molecule has 1 aromatic carbocycles. The number of aryl methyl sites for hydroxylation is 1. The molecule has 1 atom stereocenters. The Morgan fingerprint density at radius 1 is 1.32 bits per heavy atom. The van der Waals surface area contributed by atoms with Crippen LogP contribution in [-0.4, -0.2) is 27.8 Å². The second kappa shape index (κ2) is 7.31. The van der Waals surface area contributed by atoms with Crippen LogP contribution < -0.4 is 15.8 Å². The van der Waals surface area contributed by atoms with Crippen molar-refractivity contribution in [2.24, 2.45) is 0 Å². The van der Waals surface area contributed by atoms with Crippen LogP contribution in [0.4, 0.5) is 11.9 Å². The molecule has 0 saturated heterocycles. The highest BCUT2D eigenvalue weighted by atomic mass is 32.2. The zero-order chi connectivity index (χ0) is 16.1. The third-order valence-corrected chi connectivity index (χ3v) is 3.71. The number of hydrogen-bond acceptors (Lipinski definition) is 7. The SMILES string of the molecule is CCOc1ccc(C(C)Nc2nc(N)nc(SC)n2)cc1C. The number of thioether (sulfide) groups is 1. The Labute approximate surface area is 134 Å². The van der Waals surface area contributed by atoms with Crippen LogP contribution in [-0.2, 0) is 0 Å². The molecular formula is C15H21N5OS. The summed E-state index contributed by atoms with van der Waals surface area (Å²) in [6.07, 6.45) is 1.90. The van der Waals surface area contributed by atoms with Crippen molar-refractivity contribution in [3.8, 4) is 5.75 Å². The van der Waals surface area contributed by atoms with Crippen LogP contribution in [0.2, 0.25) is 0 Å². The Kier molecular flexibility index (Phi) is 5.43. The first kappa shape index (κ1) is 16.4. The summed E-state index contributed by atoms with van der Waals surface area (Å²) in [6, 6.07) is 6.17. The molecule has 0 bridgehead atoms. The Bertz CT molecular complexity index is 650. The van der Waals surface area contributed by atoms with Gasteiger partial charge in [0.1, 0.15) is 5.75 Å². The molecule has 6 nitrogen and oxygen atoms in total. The number of nitrogens with zero attached hydrogens (tertiary/aromatic N) is 3. The van der Waals surface area contributed by atoms with Gasteiger partial charge in [0, 0.05) is 0 Å². The maximum Gasteiger partial charge on any atom is 0.228 e. The molecule has 2 aromatic rings. The van der Waals surface area contributed by atoms with Crippen LogP contribution in [0.5, 0.6) is 5.75 Å². The summed E-state index contributed by atoms with van der Waals surface area (Å²) >= 11 is 1.43. The lowest BCUT2D eigenvalue weighted by atomic mass is 10.1. The van der Waals surface area contributed by atoms with Crippen LogP contribution in [0.3, 0.4) is 0 Å². The predicted molar refractivity (Wildman–Crippen MR) is 90.4 cm³/mol. The molecule has 0 spiro atoms. The predicted octanol–water partition coefficient (Wildman–Crippen LogP) is 3.06. The second-order valence-electron chi connectivity index (χ2n) is 4.83. The Morgan fingerprint density at radius 3 is 2.73 bits per heavy atom. The minimum absolute atomic E-state index is 0.0471. The summed E-state index contributed by atoms with van der Waals surface area (Å²) in [6.45, 7) is 6.73. The highest BCUT2D eigenvalue weighted by Gasteiger charge is 2.11. The molecular weight excluding hydrogens is 298 g/mol. The van der Waals surface area contributed by atoms with Crippen LogP contribution in [0.15, 0.2) is 23.4 Å². The minimum atomic E-state index is 0.0471. The van der Waals surface area contributed by atoms with Crippen LogP contribution in [0.1, 0.15) is 31.0 Å². The van der Waals surface area contributed by atoms with Crippen molar-refractivity contribution in [3.05, 3.63) is 29.3 Å². The molecule has 0 aliphatic heterocycles. The fraction of sp³-hybridized carbons (Fsp3) is 0.400. The quantitative estimate of drug-likeness (QED) is 0.791. The topological polar surface area (TPSA) is 86.0 Å². The summed E-state index contributed by atoms with van der Waals surface area (Å²) in [4.78, 5) is 12.5. The number of benzene rings is 1. The normalized spacial score (nSPS) is 12.0. The van der Waals surface area contributed by atoms with E-state index in [0.717, 1.165) is 16.9 Å². The minimum Gasteiger partial charge on any atom is -0.494 e. The van der Waals surface area contributed by atoms with Gasteiger partial charge in [0.15, 0.2) is 5.16 Å². The van der Waals surface area contributed by atoms with Crippen LogP contribution in [0, 0.1) is 6.92 Å². The van der Waals surface area contributed by atoms with Crippen molar-refractivity contribution in [2.75, 3.05) is 23.9 Å². The summed E-state index contributed by atoms with van der Waals surface area (Å²) < 4.78 is 5.56. The van der Waals surface area contributed by atoms with Crippen molar-refractivity contribution in [1.82, 2.24) is 15.0 Å². The van der Waals surface area contributed by atoms with Crippen molar-refractivity contribution < 1.29 is 4.74 Å². The maximum atomic E-state index is 5.69. The monoisotopic (exact) mass is 319 g/mol. The molecule has 1 aromatic heterocycles. The number of hydrogen-bond donors (Lipinski definition) is 2. The molecule has 0 radical (unpaired) electrons. The summed E-state index contributed by atoms with van der Waals surface area (Å²) in [7, 11) is 0. The number of nitrogens with two attached hydrogens (primary N) is 1. The largest absolute Gasteiger partial charge is 0.494 e. The van der Waals surface area contributed by atoms with Crippen molar-refractivity contribution in [1.29, 1.82) is 0 Å². The van der Waals surface area contributed by atoms with Gasteiger partial charge in [-0.1, -0.05) is 23.9 Å². The summed E-state index contributed by atoms with van der Waals surface area (Å²) in [5, 5.41) is 3.86. The van der Waals surface area contributed by atoms with Gasteiger partial charge in [-0.3, -0.25) is 0 Å². The van der Waals surface area contributed by atoms with Gasteiger partial charge in [0.25, 0.3) is 0 Å². The molecule has 118 valence electrons. The van der Waals surface area contributed by atoms with E-state index in [2.05, 4.69) is 26.3 Å². The van der Waals surface area contributed by atoms with Gasteiger partial charge in [0.2, 0.25) is 11.9 Å². The molecule has 0 saturated carbocycles. The molecule has 22 heavy (non-hydrogen) atoms. The molecule has 1 unspecified atom stereocenters. The van der Waals surface area contributed by atoms with Crippen molar-refractivity contribution >= 4 is 23.7 Å². The summed E-state index contributed by atoms with van der Waals surface area (Å²) in [5.41, 5.74) is 7.93. The van der Waals surface area contributed by atoms with Gasteiger partial charge in [-0.15, -0.1) is 0 Å². The first-order valence-electron chi connectivity index (χ1n) is 7.09. The number of nitrogens with one attached hydrogen (secondary N) is 1. The van der Waals surface area contributed by atoms with Crippen molar-refractivity contribution in [2.45, 2.75) is 32.0 Å². The van der Waals surface area contributed by atoms with Gasteiger partial charge in [-0.05, 0) is 44.2 Å². The van der Waals surface area contributed by atoms with E-state index in [0.29, 0.717) is 17.7 Å². The average molecular weight is 319 g/mol. The molecule has 0 aliphatic rings. The first-order chi connectivity index (χ1) is 10.5. The van der Waals surface area contributed by atoms with E-state index in [9.17, 15) is 0 Å². The van der Waals surface area contributed by atoms with Crippen LogP contribution in [0.25, 0.3) is 0 Å². The smallest absolute Gasteiger partial charge is 0.228 e. The third kappa shape index (κ3) is 4.00. The highest BCUT2D eigenvalue weighted by Crippen LogP contribution is 2.24. The van der Waals surface area contributed by atoms with Crippen molar-refractivity contribution in [3.63, 3.8) is 0 Å². The van der Waals surface area contributed by atoms with E-state index in [1.165, 1.54) is 11.8 Å². The Balaban J connectivity index is 2.16. The number of nitrogen functional groups attached to an aromatic ring is 1. The zero-order valence-corrected chi connectivity index (χ0v) is 14.1. The number of aromatic nitrogens is 3. The lowest BCUT2D eigenvalue weighted by molar-refractivity contribution is 0.338. The fourth-order valence-electron chi connectivity index (χ4n) is 2.06. The molecule has 3 N–H and O–H groups in total. The number of anilines is 2. The van der Waals surface area contributed by atoms with E-state index in [1.807, 2.05) is 39.2 Å². The van der Waals surface area contributed by atoms with Gasteiger partial charge >= 0.3 is 0 Å². The number of rotatable bonds is 6. The second-order valence-corrected chi connectivity index (χ2v) is 5.60. The third-order valence-electron chi connectivity index (χ3n) is 3.16. The molecule has 0 aliphatic carbocycles. The van der Waals surface area contributed by atoms with E-state index in [1.54, 1.807) is 0 Å². The fourth-order valence-corrected chi connectivity index (χ4v) is 2.43. The molecule has 1 heterocycles. The highest BCUT2D eigenvalue weighted by molar-refractivity contribution is 7.98. The van der Waals surface area contributed by atoms with E-state index in [-0.39, 0.29) is 12.0 Å². The lowest BCUT2D eigenvalue weighted by Gasteiger charge is -2.16. The zero-order valence-electron chi connectivity index (χ0n) is 13.3. The lowest BCUT2D eigenvalue weighted by Crippen LogP contribution is -2.12. The molecule has 0 amide bonds. The van der Waals surface area contributed by atoms with Gasteiger partial charge < -0.3 is 15.8 Å². The standard InChI is InChI=1S/C15H21N5OS/c1-5-21-12-7-6-11(8-9(12)2)10(3)17-14-18-13(16)19-15(20-14)22-4/h6-8,10H,5H2,1-4H3,(H3,16,17,18,19,20). The maximum absolute atomic E-state index is 5.69. The van der Waals surface area contributed by atoms with Gasteiger partial charge in [-0.2, -0.15) is 15.0 Å². The van der Waals surface area contributed by atoms with Gasteiger partial charge in [0.05, 0.1) is 12.6 Å². The van der Waals surface area contributed by atoms with E-state index >= 15 is 0 Å². The summed E-state index contributed by atoms with van der Waals surface area (Å²) in [5.74, 6) is 1.61. The van der Waals surface area contributed by atoms with Gasteiger partial charge in [-0.25, -0.2) is 0 Å². The Morgan fingerprint density at radius 2 is 2.09 bits per heavy atom. The van der Waals surface area contributed by atoms with E-state index in [4.69, 9.17) is 10.5 Å². The average Bonchev–Trinajstić information content (AvgIpc) is 2.48.